The predicted octanol–water partition coefficient (Wildman–Crippen LogP) is 2.73. The van der Waals surface area contributed by atoms with Crippen LogP contribution in [0.15, 0.2) is 0 Å². The Bertz CT molecular complexity index is 114. The van der Waals surface area contributed by atoms with Gasteiger partial charge in [-0.05, 0) is 24.7 Å². The molecule has 0 unspecified atom stereocenters. The third-order valence-electron chi connectivity index (χ3n) is 3.11. The molecule has 1 nitrogen and oxygen atoms in total. The van der Waals surface area contributed by atoms with Gasteiger partial charge in [0.15, 0.2) is 0 Å². The van der Waals surface area contributed by atoms with Crippen LogP contribution in [0.2, 0.25) is 0 Å². The molecule has 1 aliphatic rings. The lowest BCUT2D eigenvalue weighted by Gasteiger charge is -2.29. The minimum Gasteiger partial charge on any atom is -0.393 e. The van der Waals surface area contributed by atoms with Crippen LogP contribution in [0.25, 0.3) is 0 Å². The van der Waals surface area contributed by atoms with Crippen molar-refractivity contribution in [2.45, 2.75) is 58.5 Å². The van der Waals surface area contributed by atoms with Crippen molar-refractivity contribution in [1.29, 1.82) is 0 Å². The van der Waals surface area contributed by atoms with Gasteiger partial charge in [-0.1, -0.05) is 33.1 Å². The van der Waals surface area contributed by atoms with Crippen molar-refractivity contribution in [2.75, 3.05) is 0 Å². The maximum atomic E-state index is 9.81. The van der Waals surface area contributed by atoms with Crippen LogP contribution in [0.3, 0.4) is 0 Å². The van der Waals surface area contributed by atoms with Gasteiger partial charge in [0.2, 0.25) is 0 Å². The third-order valence-corrected chi connectivity index (χ3v) is 3.11. The topological polar surface area (TPSA) is 20.2 Å². The monoisotopic (exact) mass is 156 g/mol. The summed E-state index contributed by atoms with van der Waals surface area (Å²) >= 11 is 0. The zero-order chi connectivity index (χ0) is 8.32. The highest BCUT2D eigenvalue weighted by Crippen LogP contribution is 2.41. The van der Waals surface area contributed by atoms with Crippen molar-refractivity contribution < 1.29 is 5.11 Å². The Morgan fingerprint density at radius 1 is 1.36 bits per heavy atom. The Labute approximate surface area is 69.8 Å². The second-order valence-electron chi connectivity index (χ2n) is 4.17. The fraction of sp³-hybridized carbons (Fsp3) is 1.00. The van der Waals surface area contributed by atoms with E-state index in [1.807, 2.05) is 0 Å². The second kappa shape index (κ2) is 3.57. The molecule has 0 radical (unpaired) electrons. The minimum atomic E-state index is -0.0463. The molecule has 1 rings (SSSR count). The maximum Gasteiger partial charge on any atom is 0.0593 e. The summed E-state index contributed by atoms with van der Waals surface area (Å²) in [5.74, 6) is 0. The van der Waals surface area contributed by atoms with E-state index < -0.39 is 0 Å². The molecule has 0 saturated heterocycles. The van der Waals surface area contributed by atoms with Crippen molar-refractivity contribution in [3.63, 3.8) is 0 Å². The third kappa shape index (κ3) is 1.96. The van der Waals surface area contributed by atoms with Crippen molar-refractivity contribution in [2.24, 2.45) is 5.41 Å². The van der Waals surface area contributed by atoms with E-state index >= 15 is 0 Å². The molecule has 1 atom stereocenters. The SMILES string of the molecule is CCC[C@H](O)C1(C)CCCC1. The average molecular weight is 156 g/mol. The van der Waals surface area contributed by atoms with E-state index in [0.29, 0.717) is 0 Å². The molecule has 0 spiro atoms. The summed E-state index contributed by atoms with van der Waals surface area (Å²) in [5, 5.41) is 9.81. The van der Waals surface area contributed by atoms with Crippen LogP contribution in [-0.4, -0.2) is 11.2 Å². The Balaban J connectivity index is 2.42. The minimum absolute atomic E-state index is 0.0463. The summed E-state index contributed by atoms with van der Waals surface area (Å²) in [6.07, 6.45) is 7.14. The highest BCUT2D eigenvalue weighted by Gasteiger charge is 2.34. The van der Waals surface area contributed by atoms with E-state index in [4.69, 9.17) is 0 Å². The average Bonchev–Trinajstić information content (AvgIpc) is 2.38. The number of aliphatic hydroxyl groups excluding tert-OH is 1. The van der Waals surface area contributed by atoms with Crippen LogP contribution < -0.4 is 0 Å². The molecule has 0 aromatic carbocycles. The summed E-state index contributed by atoms with van der Waals surface area (Å²) in [6.45, 7) is 4.38. The highest BCUT2D eigenvalue weighted by molar-refractivity contribution is 4.86. The van der Waals surface area contributed by atoms with Crippen LogP contribution in [0.4, 0.5) is 0 Å². The van der Waals surface area contributed by atoms with Crippen LogP contribution in [0.1, 0.15) is 52.4 Å². The molecule has 1 saturated carbocycles. The number of aliphatic hydroxyl groups is 1. The fourth-order valence-electron chi connectivity index (χ4n) is 2.14. The molecule has 0 aromatic rings. The quantitative estimate of drug-likeness (QED) is 0.666. The first-order valence-electron chi connectivity index (χ1n) is 4.87. The van der Waals surface area contributed by atoms with Gasteiger partial charge >= 0.3 is 0 Å². The molecule has 1 N–H and O–H groups in total. The van der Waals surface area contributed by atoms with Crippen LogP contribution in [0, 0.1) is 5.41 Å². The van der Waals surface area contributed by atoms with Crippen molar-refractivity contribution in [3.8, 4) is 0 Å². The van der Waals surface area contributed by atoms with E-state index in [2.05, 4.69) is 13.8 Å². The first kappa shape index (κ1) is 9.05. The Morgan fingerprint density at radius 2 is 1.91 bits per heavy atom. The molecular formula is C10H20O. The van der Waals surface area contributed by atoms with E-state index in [-0.39, 0.29) is 11.5 Å². The lowest BCUT2D eigenvalue weighted by molar-refractivity contribution is 0.0346. The Morgan fingerprint density at radius 3 is 2.36 bits per heavy atom. The smallest absolute Gasteiger partial charge is 0.0593 e. The van der Waals surface area contributed by atoms with Gasteiger partial charge in [0.1, 0.15) is 0 Å². The zero-order valence-electron chi connectivity index (χ0n) is 7.77. The molecule has 0 aromatic heterocycles. The van der Waals surface area contributed by atoms with Gasteiger partial charge < -0.3 is 5.11 Å². The number of hydrogen-bond acceptors (Lipinski definition) is 1. The molecule has 0 heterocycles. The number of rotatable bonds is 3. The van der Waals surface area contributed by atoms with Gasteiger partial charge in [-0.2, -0.15) is 0 Å². The van der Waals surface area contributed by atoms with E-state index in [1.165, 1.54) is 25.7 Å². The second-order valence-corrected chi connectivity index (χ2v) is 4.17. The molecule has 1 fully saturated rings. The molecule has 0 bridgehead atoms. The Kier molecular flexibility index (Phi) is 2.94. The summed E-state index contributed by atoms with van der Waals surface area (Å²) in [7, 11) is 0. The van der Waals surface area contributed by atoms with E-state index in [1.54, 1.807) is 0 Å². The summed E-state index contributed by atoms with van der Waals surface area (Å²) in [6, 6.07) is 0. The van der Waals surface area contributed by atoms with Gasteiger partial charge in [0.05, 0.1) is 6.10 Å². The zero-order valence-corrected chi connectivity index (χ0v) is 7.77. The van der Waals surface area contributed by atoms with Crippen LogP contribution in [0.5, 0.6) is 0 Å². The van der Waals surface area contributed by atoms with Crippen LogP contribution >= 0.6 is 0 Å². The van der Waals surface area contributed by atoms with Gasteiger partial charge in [-0.15, -0.1) is 0 Å². The first-order valence-corrected chi connectivity index (χ1v) is 4.87. The van der Waals surface area contributed by atoms with Gasteiger partial charge in [-0.3, -0.25) is 0 Å². The summed E-state index contributed by atoms with van der Waals surface area (Å²) in [4.78, 5) is 0. The Hall–Kier alpha value is -0.0400. The molecular weight excluding hydrogens is 136 g/mol. The molecule has 11 heavy (non-hydrogen) atoms. The summed E-state index contributed by atoms with van der Waals surface area (Å²) < 4.78 is 0. The van der Waals surface area contributed by atoms with Crippen molar-refractivity contribution in [3.05, 3.63) is 0 Å². The van der Waals surface area contributed by atoms with Crippen LogP contribution in [-0.2, 0) is 0 Å². The first-order chi connectivity index (χ1) is 5.19. The molecule has 0 aliphatic heterocycles. The highest BCUT2D eigenvalue weighted by atomic mass is 16.3. The standard InChI is InChI=1S/C10H20O/c1-3-6-9(11)10(2)7-4-5-8-10/h9,11H,3-8H2,1-2H3/t9-/m0/s1. The lowest BCUT2D eigenvalue weighted by atomic mass is 9.81. The normalized spacial score (nSPS) is 25.4. The molecule has 1 aliphatic carbocycles. The molecule has 0 amide bonds. The van der Waals surface area contributed by atoms with E-state index in [9.17, 15) is 5.11 Å². The van der Waals surface area contributed by atoms with Gasteiger partial charge in [-0.25, -0.2) is 0 Å². The van der Waals surface area contributed by atoms with Crippen molar-refractivity contribution >= 4 is 0 Å². The number of hydrogen-bond donors (Lipinski definition) is 1. The molecule has 1 heteroatoms. The van der Waals surface area contributed by atoms with E-state index in [0.717, 1.165) is 12.8 Å². The van der Waals surface area contributed by atoms with Gasteiger partial charge in [0, 0.05) is 0 Å². The van der Waals surface area contributed by atoms with Crippen molar-refractivity contribution in [1.82, 2.24) is 0 Å². The lowest BCUT2D eigenvalue weighted by Crippen LogP contribution is -2.29. The van der Waals surface area contributed by atoms with Gasteiger partial charge in [0.25, 0.3) is 0 Å². The summed E-state index contributed by atoms with van der Waals surface area (Å²) in [5.41, 5.74) is 0.260. The largest absolute Gasteiger partial charge is 0.393 e. The maximum absolute atomic E-state index is 9.81. The molecule has 66 valence electrons. The predicted molar refractivity (Wildman–Crippen MR) is 47.5 cm³/mol. The fourth-order valence-corrected chi connectivity index (χ4v) is 2.14.